The van der Waals surface area contributed by atoms with E-state index < -0.39 is 0 Å². The smallest absolute Gasteiger partial charge is 0.242 e. The molecule has 0 spiro atoms. The predicted octanol–water partition coefficient (Wildman–Crippen LogP) is 2.17. The predicted molar refractivity (Wildman–Crippen MR) is 104 cm³/mol. The van der Waals surface area contributed by atoms with Gasteiger partial charge in [-0.05, 0) is 25.3 Å². The molecule has 1 aromatic carbocycles. The lowest BCUT2D eigenvalue weighted by atomic mass is 10.1. The number of benzene rings is 1. The summed E-state index contributed by atoms with van der Waals surface area (Å²) in [7, 11) is 0. The third-order valence-electron chi connectivity index (χ3n) is 5.65. The molecule has 3 heterocycles. The summed E-state index contributed by atoms with van der Waals surface area (Å²) >= 11 is 0. The summed E-state index contributed by atoms with van der Waals surface area (Å²) in [5.74, 6) is 1.86. The van der Waals surface area contributed by atoms with Crippen LogP contribution in [-0.4, -0.2) is 56.0 Å². The Kier molecular flexibility index (Phi) is 5.41. The van der Waals surface area contributed by atoms with Gasteiger partial charge >= 0.3 is 0 Å². The molecular weight excluding hydrogens is 354 g/mol. The first-order valence-corrected chi connectivity index (χ1v) is 10.1. The zero-order chi connectivity index (χ0) is 19.5. The molecule has 148 valence electrons. The van der Waals surface area contributed by atoms with Crippen LogP contribution in [0.25, 0.3) is 0 Å². The number of carbonyl (C=O) groups excluding carboxylic acids is 2. The molecule has 2 aromatic rings. The van der Waals surface area contributed by atoms with Crippen molar-refractivity contribution in [1.82, 2.24) is 24.6 Å². The fourth-order valence-corrected chi connectivity index (χ4v) is 4.17. The number of hydrogen-bond acceptors (Lipinski definition) is 4. The molecule has 1 aromatic heterocycles. The molecule has 1 saturated heterocycles. The Balaban J connectivity index is 1.45. The van der Waals surface area contributed by atoms with Gasteiger partial charge in [-0.3, -0.25) is 9.59 Å². The molecule has 4 rings (SSSR count). The second-order valence-electron chi connectivity index (χ2n) is 7.81. The van der Waals surface area contributed by atoms with Gasteiger partial charge in [0.05, 0.1) is 19.1 Å². The molecule has 0 bridgehead atoms. The second kappa shape index (κ2) is 8.12. The normalized spacial score (nSPS) is 20.0. The van der Waals surface area contributed by atoms with E-state index >= 15 is 0 Å². The highest BCUT2D eigenvalue weighted by Gasteiger charge is 2.30. The third kappa shape index (κ3) is 3.93. The first kappa shape index (κ1) is 18.7. The highest BCUT2D eigenvalue weighted by atomic mass is 16.2. The Morgan fingerprint density at radius 1 is 1.14 bits per heavy atom. The SMILES string of the molecule is C[C@H]1CN(C(=O)CN2CCCCCC2=O)Cc2nnc(Cc3ccccc3)n21. The molecule has 28 heavy (non-hydrogen) atoms. The van der Waals surface area contributed by atoms with E-state index in [0.29, 0.717) is 26.1 Å². The lowest BCUT2D eigenvalue weighted by Crippen LogP contribution is -2.46. The van der Waals surface area contributed by atoms with Gasteiger partial charge in [0.25, 0.3) is 0 Å². The van der Waals surface area contributed by atoms with E-state index in [9.17, 15) is 9.59 Å². The number of amides is 2. The summed E-state index contributed by atoms with van der Waals surface area (Å²) in [6.07, 6.45) is 4.25. The van der Waals surface area contributed by atoms with Gasteiger partial charge in [-0.15, -0.1) is 10.2 Å². The van der Waals surface area contributed by atoms with E-state index in [1.165, 1.54) is 5.56 Å². The van der Waals surface area contributed by atoms with Gasteiger partial charge in [-0.2, -0.15) is 0 Å². The van der Waals surface area contributed by atoms with Crippen molar-refractivity contribution >= 4 is 11.8 Å². The molecule has 0 N–H and O–H groups in total. The third-order valence-corrected chi connectivity index (χ3v) is 5.65. The standard InChI is InChI=1S/C21H27N5O2/c1-16-13-25(21(28)15-24-11-7-3-6-10-20(24)27)14-19-23-22-18(26(16)19)12-17-8-4-2-5-9-17/h2,4-5,8-9,16H,3,6-7,10-15H2,1H3/t16-/m0/s1. The van der Waals surface area contributed by atoms with Crippen LogP contribution in [0.5, 0.6) is 0 Å². The van der Waals surface area contributed by atoms with Crippen LogP contribution in [0.3, 0.4) is 0 Å². The number of fused-ring (bicyclic) bond motifs is 1. The topological polar surface area (TPSA) is 71.3 Å². The number of carbonyl (C=O) groups is 2. The van der Waals surface area contributed by atoms with Crippen LogP contribution in [0.1, 0.15) is 55.9 Å². The molecule has 7 nitrogen and oxygen atoms in total. The van der Waals surface area contributed by atoms with Crippen LogP contribution >= 0.6 is 0 Å². The Bertz CT molecular complexity index is 848. The highest BCUT2D eigenvalue weighted by Crippen LogP contribution is 2.23. The average Bonchev–Trinajstić information content (AvgIpc) is 2.99. The number of aromatic nitrogens is 3. The number of likely N-dealkylation sites (tertiary alicyclic amines) is 1. The summed E-state index contributed by atoms with van der Waals surface area (Å²) in [5.41, 5.74) is 1.20. The van der Waals surface area contributed by atoms with Crippen molar-refractivity contribution in [3.05, 3.63) is 47.5 Å². The zero-order valence-electron chi connectivity index (χ0n) is 16.4. The van der Waals surface area contributed by atoms with Crippen molar-refractivity contribution in [3.63, 3.8) is 0 Å². The van der Waals surface area contributed by atoms with Gasteiger partial charge in [0.2, 0.25) is 11.8 Å². The molecule has 2 aliphatic rings. The van der Waals surface area contributed by atoms with Crippen LogP contribution in [0.4, 0.5) is 0 Å². The zero-order valence-corrected chi connectivity index (χ0v) is 16.4. The van der Waals surface area contributed by atoms with Crippen LogP contribution in [0.15, 0.2) is 30.3 Å². The van der Waals surface area contributed by atoms with Crippen molar-refractivity contribution in [2.75, 3.05) is 19.6 Å². The maximum Gasteiger partial charge on any atom is 0.242 e. The minimum absolute atomic E-state index is 0.000888. The van der Waals surface area contributed by atoms with Crippen LogP contribution < -0.4 is 0 Å². The minimum atomic E-state index is 0.000888. The van der Waals surface area contributed by atoms with Crippen molar-refractivity contribution in [3.8, 4) is 0 Å². The van der Waals surface area contributed by atoms with Crippen molar-refractivity contribution in [2.24, 2.45) is 0 Å². The maximum atomic E-state index is 12.9. The molecule has 1 fully saturated rings. The molecule has 0 radical (unpaired) electrons. The first-order valence-electron chi connectivity index (χ1n) is 10.1. The highest BCUT2D eigenvalue weighted by molar-refractivity contribution is 5.85. The van der Waals surface area contributed by atoms with E-state index in [4.69, 9.17) is 0 Å². The van der Waals surface area contributed by atoms with E-state index in [1.807, 2.05) is 23.1 Å². The van der Waals surface area contributed by atoms with E-state index in [0.717, 1.165) is 37.3 Å². The van der Waals surface area contributed by atoms with Crippen LogP contribution in [0.2, 0.25) is 0 Å². The fourth-order valence-electron chi connectivity index (χ4n) is 4.17. The Hall–Kier alpha value is -2.70. The molecule has 1 atom stereocenters. The van der Waals surface area contributed by atoms with Crippen LogP contribution in [-0.2, 0) is 22.6 Å². The Labute approximate surface area is 165 Å². The minimum Gasteiger partial charge on any atom is -0.333 e. The molecule has 0 aliphatic carbocycles. The molecule has 0 saturated carbocycles. The number of nitrogens with zero attached hydrogens (tertiary/aromatic N) is 5. The first-order chi connectivity index (χ1) is 13.6. The van der Waals surface area contributed by atoms with Crippen molar-refractivity contribution in [1.29, 1.82) is 0 Å². The van der Waals surface area contributed by atoms with Gasteiger partial charge in [0, 0.05) is 25.9 Å². The van der Waals surface area contributed by atoms with Gasteiger partial charge in [-0.25, -0.2) is 0 Å². The van der Waals surface area contributed by atoms with E-state index in [-0.39, 0.29) is 24.4 Å². The molecular formula is C21H27N5O2. The van der Waals surface area contributed by atoms with Gasteiger partial charge in [-0.1, -0.05) is 36.8 Å². The van der Waals surface area contributed by atoms with Crippen molar-refractivity contribution < 1.29 is 9.59 Å². The largest absolute Gasteiger partial charge is 0.333 e. The maximum absolute atomic E-state index is 12.9. The summed E-state index contributed by atoms with van der Waals surface area (Å²) in [6, 6.07) is 10.3. The second-order valence-corrected chi connectivity index (χ2v) is 7.81. The molecule has 0 unspecified atom stereocenters. The fraction of sp³-hybridized carbons (Fsp3) is 0.524. The van der Waals surface area contributed by atoms with E-state index in [1.54, 1.807) is 4.90 Å². The van der Waals surface area contributed by atoms with E-state index in [2.05, 4.69) is 33.8 Å². The monoisotopic (exact) mass is 381 g/mol. The quantitative estimate of drug-likeness (QED) is 0.814. The summed E-state index contributed by atoms with van der Waals surface area (Å²) < 4.78 is 2.16. The van der Waals surface area contributed by atoms with Gasteiger partial charge in [0.15, 0.2) is 5.82 Å². The lowest BCUT2D eigenvalue weighted by molar-refractivity contribution is -0.141. The summed E-state index contributed by atoms with van der Waals surface area (Å²) in [4.78, 5) is 28.6. The van der Waals surface area contributed by atoms with Crippen molar-refractivity contribution in [2.45, 2.75) is 51.6 Å². The Morgan fingerprint density at radius 2 is 1.96 bits per heavy atom. The summed E-state index contributed by atoms with van der Waals surface area (Å²) in [6.45, 7) is 4.03. The van der Waals surface area contributed by atoms with Crippen LogP contribution in [0, 0.1) is 0 Å². The summed E-state index contributed by atoms with van der Waals surface area (Å²) in [5, 5.41) is 8.74. The average molecular weight is 381 g/mol. The number of rotatable bonds is 4. The molecule has 2 amide bonds. The Morgan fingerprint density at radius 3 is 2.79 bits per heavy atom. The molecule has 2 aliphatic heterocycles. The lowest BCUT2D eigenvalue weighted by Gasteiger charge is -2.34. The van der Waals surface area contributed by atoms with Gasteiger partial charge in [0.1, 0.15) is 5.82 Å². The number of hydrogen-bond donors (Lipinski definition) is 0. The van der Waals surface area contributed by atoms with Gasteiger partial charge < -0.3 is 14.4 Å². The molecule has 7 heteroatoms.